The van der Waals surface area contributed by atoms with E-state index in [9.17, 15) is 5.26 Å². The van der Waals surface area contributed by atoms with E-state index in [0.29, 0.717) is 34.6 Å². The van der Waals surface area contributed by atoms with Crippen molar-refractivity contribution in [2.75, 3.05) is 0 Å². The molecule has 0 radical (unpaired) electrons. The molecule has 1 atom stereocenters. The Kier molecular flexibility index (Phi) is 6.03. The van der Waals surface area contributed by atoms with Crippen LogP contribution in [-0.4, -0.2) is 21.8 Å². The van der Waals surface area contributed by atoms with Crippen LogP contribution in [0.4, 0.5) is 0 Å². The summed E-state index contributed by atoms with van der Waals surface area (Å²) in [5.74, 6) is 1.53. The monoisotopic (exact) mass is 430 g/mol. The fraction of sp³-hybridized carbons (Fsp3) is 0.423. The lowest BCUT2D eigenvalue weighted by molar-refractivity contribution is 0.241. The lowest BCUT2D eigenvalue weighted by Crippen LogP contribution is -2.40. The molecule has 1 unspecified atom stereocenters. The molecule has 0 saturated carbocycles. The fourth-order valence-electron chi connectivity index (χ4n) is 4.14. The Balaban J connectivity index is 1.63. The van der Waals surface area contributed by atoms with Crippen molar-refractivity contribution < 1.29 is 9.26 Å². The van der Waals surface area contributed by atoms with E-state index in [2.05, 4.69) is 60.5 Å². The van der Waals surface area contributed by atoms with Crippen LogP contribution in [0.15, 0.2) is 40.9 Å². The van der Waals surface area contributed by atoms with Crippen LogP contribution in [0.1, 0.15) is 70.2 Å². The summed E-state index contributed by atoms with van der Waals surface area (Å²) in [6, 6.07) is 14.2. The van der Waals surface area contributed by atoms with E-state index < -0.39 is 0 Å². The third kappa shape index (κ3) is 4.39. The van der Waals surface area contributed by atoms with Crippen LogP contribution < -0.4 is 10.1 Å². The standard InChI is InChI=1S/C26H30N4O2/c1-6-26(4,5)29-22-12-11-19-20(22)8-7-9-21(19)24-28-25(32-30-24)17-10-13-23(31-16(2)3)18(14-17)15-27/h7-10,13-14,16,22,29H,6,11-12H2,1-5H3. The van der Waals surface area contributed by atoms with Gasteiger partial charge in [-0.1, -0.05) is 30.3 Å². The Hall–Kier alpha value is -3.17. The third-order valence-electron chi connectivity index (χ3n) is 6.10. The van der Waals surface area contributed by atoms with Gasteiger partial charge < -0.3 is 14.6 Å². The molecule has 6 nitrogen and oxygen atoms in total. The Labute approximate surface area is 189 Å². The molecule has 2 aromatic carbocycles. The second-order valence-corrected chi connectivity index (χ2v) is 9.26. The van der Waals surface area contributed by atoms with Crippen molar-refractivity contribution in [2.24, 2.45) is 0 Å². The number of ether oxygens (including phenoxy) is 1. The van der Waals surface area contributed by atoms with Gasteiger partial charge in [-0.2, -0.15) is 10.2 Å². The van der Waals surface area contributed by atoms with Crippen molar-refractivity contribution in [2.45, 2.75) is 71.6 Å². The number of benzene rings is 2. The van der Waals surface area contributed by atoms with Crippen LogP contribution in [0.5, 0.6) is 5.75 Å². The summed E-state index contributed by atoms with van der Waals surface area (Å²) in [5, 5.41) is 17.6. The number of aromatic nitrogens is 2. The Morgan fingerprint density at radius 3 is 2.81 bits per heavy atom. The van der Waals surface area contributed by atoms with Gasteiger partial charge in [0.15, 0.2) is 0 Å². The molecule has 0 saturated heterocycles. The first-order chi connectivity index (χ1) is 15.3. The zero-order valence-corrected chi connectivity index (χ0v) is 19.4. The molecular weight excluding hydrogens is 400 g/mol. The topological polar surface area (TPSA) is 84.0 Å². The number of nitrogens with zero attached hydrogens (tertiary/aromatic N) is 3. The first kappa shape index (κ1) is 22.0. The predicted octanol–water partition coefficient (Wildman–Crippen LogP) is 5.83. The maximum absolute atomic E-state index is 9.51. The summed E-state index contributed by atoms with van der Waals surface area (Å²) in [7, 11) is 0. The first-order valence-electron chi connectivity index (χ1n) is 11.3. The summed E-state index contributed by atoms with van der Waals surface area (Å²) >= 11 is 0. The second-order valence-electron chi connectivity index (χ2n) is 9.26. The normalized spacial score (nSPS) is 15.6. The number of nitriles is 1. The molecule has 1 aliphatic carbocycles. The van der Waals surface area contributed by atoms with E-state index in [1.165, 1.54) is 11.1 Å². The minimum atomic E-state index is -0.00986. The second kappa shape index (κ2) is 8.76. The predicted molar refractivity (Wildman–Crippen MR) is 124 cm³/mol. The summed E-state index contributed by atoms with van der Waals surface area (Å²) in [6.07, 6.45) is 3.10. The van der Waals surface area contributed by atoms with Crippen LogP contribution in [-0.2, 0) is 6.42 Å². The van der Waals surface area contributed by atoms with E-state index in [0.717, 1.165) is 24.8 Å². The SMILES string of the molecule is CCC(C)(C)NC1CCc2c(-c3noc(-c4ccc(OC(C)C)c(C#N)c4)n3)cccc21. The Morgan fingerprint density at radius 2 is 2.09 bits per heavy atom. The van der Waals surface area contributed by atoms with E-state index in [4.69, 9.17) is 9.26 Å². The third-order valence-corrected chi connectivity index (χ3v) is 6.10. The highest BCUT2D eigenvalue weighted by Gasteiger charge is 2.30. The van der Waals surface area contributed by atoms with E-state index >= 15 is 0 Å². The van der Waals surface area contributed by atoms with Crippen molar-refractivity contribution in [3.63, 3.8) is 0 Å². The highest BCUT2D eigenvalue weighted by Crippen LogP contribution is 2.38. The molecule has 0 amide bonds. The quantitative estimate of drug-likeness (QED) is 0.508. The lowest BCUT2D eigenvalue weighted by atomic mass is 9.97. The van der Waals surface area contributed by atoms with Gasteiger partial charge in [0.25, 0.3) is 5.89 Å². The molecule has 1 aromatic heterocycles. The highest BCUT2D eigenvalue weighted by molar-refractivity contribution is 5.67. The zero-order chi connectivity index (χ0) is 22.9. The van der Waals surface area contributed by atoms with Crippen molar-refractivity contribution >= 4 is 0 Å². The van der Waals surface area contributed by atoms with Gasteiger partial charge in [-0.3, -0.25) is 0 Å². The van der Waals surface area contributed by atoms with Gasteiger partial charge in [0, 0.05) is 22.7 Å². The van der Waals surface area contributed by atoms with Gasteiger partial charge in [-0.25, -0.2) is 0 Å². The van der Waals surface area contributed by atoms with E-state index in [1.807, 2.05) is 19.9 Å². The van der Waals surface area contributed by atoms with Gasteiger partial charge in [0.05, 0.1) is 11.7 Å². The average Bonchev–Trinajstić information content (AvgIpc) is 3.41. The van der Waals surface area contributed by atoms with Crippen molar-refractivity contribution in [3.8, 4) is 34.7 Å². The molecule has 3 aromatic rings. The first-order valence-corrected chi connectivity index (χ1v) is 11.3. The molecule has 1 heterocycles. The fourth-order valence-corrected chi connectivity index (χ4v) is 4.14. The zero-order valence-electron chi connectivity index (χ0n) is 19.4. The molecule has 1 N–H and O–H groups in total. The van der Waals surface area contributed by atoms with Gasteiger partial charge in [0.1, 0.15) is 11.8 Å². The maximum Gasteiger partial charge on any atom is 0.258 e. The highest BCUT2D eigenvalue weighted by atomic mass is 16.5. The summed E-state index contributed by atoms with van der Waals surface area (Å²) in [6.45, 7) is 10.6. The molecule has 32 heavy (non-hydrogen) atoms. The molecule has 0 bridgehead atoms. The minimum absolute atomic E-state index is 0.00986. The summed E-state index contributed by atoms with van der Waals surface area (Å²) < 4.78 is 11.3. The van der Waals surface area contributed by atoms with Crippen LogP contribution in [0.25, 0.3) is 22.8 Å². The van der Waals surface area contributed by atoms with Crippen LogP contribution in [0, 0.1) is 11.3 Å². The largest absolute Gasteiger partial charge is 0.490 e. The average molecular weight is 431 g/mol. The summed E-state index contributed by atoms with van der Waals surface area (Å²) in [5.41, 5.74) is 4.85. The van der Waals surface area contributed by atoms with Crippen LogP contribution >= 0.6 is 0 Å². The summed E-state index contributed by atoms with van der Waals surface area (Å²) in [4.78, 5) is 4.66. The molecule has 166 valence electrons. The van der Waals surface area contributed by atoms with Gasteiger partial charge in [-0.15, -0.1) is 0 Å². The number of fused-ring (bicyclic) bond motifs is 1. The van der Waals surface area contributed by atoms with Gasteiger partial charge in [-0.05, 0) is 76.3 Å². The maximum atomic E-state index is 9.51. The molecule has 4 rings (SSSR count). The van der Waals surface area contributed by atoms with Crippen LogP contribution in [0.2, 0.25) is 0 Å². The number of hydrogen-bond donors (Lipinski definition) is 1. The van der Waals surface area contributed by atoms with E-state index in [-0.39, 0.29) is 11.6 Å². The molecule has 0 fully saturated rings. The van der Waals surface area contributed by atoms with Crippen molar-refractivity contribution in [1.29, 1.82) is 5.26 Å². The van der Waals surface area contributed by atoms with Gasteiger partial charge in [0.2, 0.25) is 5.82 Å². The van der Waals surface area contributed by atoms with Crippen LogP contribution in [0.3, 0.4) is 0 Å². The molecule has 0 spiro atoms. The molecule has 1 aliphatic rings. The number of hydrogen-bond acceptors (Lipinski definition) is 6. The van der Waals surface area contributed by atoms with Crippen molar-refractivity contribution in [1.82, 2.24) is 15.5 Å². The van der Waals surface area contributed by atoms with Gasteiger partial charge >= 0.3 is 0 Å². The number of rotatable bonds is 7. The Bertz CT molecular complexity index is 1160. The van der Waals surface area contributed by atoms with E-state index in [1.54, 1.807) is 12.1 Å². The molecule has 0 aliphatic heterocycles. The Morgan fingerprint density at radius 1 is 1.28 bits per heavy atom. The van der Waals surface area contributed by atoms with Crippen molar-refractivity contribution in [3.05, 3.63) is 53.1 Å². The number of nitrogens with one attached hydrogen (secondary N) is 1. The molecule has 6 heteroatoms. The molecular formula is C26H30N4O2. The minimum Gasteiger partial charge on any atom is -0.490 e. The smallest absolute Gasteiger partial charge is 0.258 e. The lowest BCUT2D eigenvalue weighted by Gasteiger charge is -2.29.